The summed E-state index contributed by atoms with van der Waals surface area (Å²) in [4.78, 5) is 29.2. The highest BCUT2D eigenvalue weighted by Gasteiger charge is 2.15. The minimum atomic E-state index is -0.574. The summed E-state index contributed by atoms with van der Waals surface area (Å²) in [5.74, 6) is -0.527. The lowest BCUT2D eigenvalue weighted by Gasteiger charge is -2.07. The first kappa shape index (κ1) is 18.4. The SMILES string of the molecule is Cc1cccc2nc(C(=O)Oc3cccc(C(=O)NCc4ccccc4)c3)cn12. The van der Waals surface area contributed by atoms with E-state index in [1.54, 1.807) is 30.5 Å². The van der Waals surface area contributed by atoms with E-state index in [0.29, 0.717) is 17.8 Å². The van der Waals surface area contributed by atoms with Gasteiger partial charge >= 0.3 is 5.97 Å². The largest absolute Gasteiger partial charge is 0.422 e. The van der Waals surface area contributed by atoms with Crippen LogP contribution < -0.4 is 10.1 Å². The van der Waals surface area contributed by atoms with Crippen molar-refractivity contribution in [2.45, 2.75) is 13.5 Å². The zero-order chi connectivity index (χ0) is 20.2. The third kappa shape index (κ3) is 4.16. The van der Waals surface area contributed by atoms with Gasteiger partial charge in [0.05, 0.1) is 0 Å². The molecular formula is C23H19N3O3. The van der Waals surface area contributed by atoms with Crippen LogP contribution in [0.5, 0.6) is 5.75 Å². The van der Waals surface area contributed by atoms with Crippen molar-refractivity contribution in [1.29, 1.82) is 0 Å². The lowest BCUT2D eigenvalue weighted by molar-refractivity contribution is 0.0728. The Balaban J connectivity index is 1.45. The van der Waals surface area contributed by atoms with Crippen LogP contribution in [0.1, 0.15) is 32.1 Å². The molecule has 1 amide bonds. The van der Waals surface area contributed by atoms with Crippen LogP contribution >= 0.6 is 0 Å². The van der Waals surface area contributed by atoms with Gasteiger partial charge in [-0.3, -0.25) is 4.79 Å². The van der Waals surface area contributed by atoms with E-state index in [-0.39, 0.29) is 17.4 Å². The van der Waals surface area contributed by atoms with Crippen LogP contribution in [-0.2, 0) is 6.54 Å². The summed E-state index contributed by atoms with van der Waals surface area (Å²) in [5.41, 5.74) is 3.26. The number of rotatable bonds is 5. The highest BCUT2D eigenvalue weighted by atomic mass is 16.5. The van der Waals surface area contributed by atoms with Gasteiger partial charge in [-0.25, -0.2) is 9.78 Å². The number of hydrogen-bond acceptors (Lipinski definition) is 4. The summed E-state index contributed by atoms with van der Waals surface area (Å²) >= 11 is 0. The van der Waals surface area contributed by atoms with Gasteiger partial charge in [-0.1, -0.05) is 42.5 Å². The Morgan fingerprint density at radius 3 is 2.59 bits per heavy atom. The first-order valence-electron chi connectivity index (χ1n) is 9.19. The van der Waals surface area contributed by atoms with Gasteiger partial charge in [0.25, 0.3) is 5.91 Å². The number of esters is 1. The Morgan fingerprint density at radius 1 is 1.00 bits per heavy atom. The number of amides is 1. The summed E-state index contributed by atoms with van der Waals surface area (Å²) in [6.45, 7) is 2.35. The molecule has 2 aromatic heterocycles. The Morgan fingerprint density at radius 2 is 1.79 bits per heavy atom. The van der Waals surface area contributed by atoms with Crippen molar-refractivity contribution < 1.29 is 14.3 Å². The van der Waals surface area contributed by atoms with Gasteiger partial charge < -0.3 is 14.5 Å². The lowest BCUT2D eigenvalue weighted by atomic mass is 10.2. The number of benzene rings is 2. The number of carbonyl (C=O) groups excluding carboxylic acids is 2. The highest BCUT2D eigenvalue weighted by molar-refractivity contribution is 5.95. The van der Waals surface area contributed by atoms with E-state index < -0.39 is 5.97 Å². The maximum Gasteiger partial charge on any atom is 0.363 e. The van der Waals surface area contributed by atoms with Gasteiger partial charge in [0.15, 0.2) is 5.69 Å². The molecule has 2 heterocycles. The number of aryl methyl sites for hydroxylation is 1. The number of imidazole rings is 1. The van der Waals surface area contributed by atoms with Crippen molar-refractivity contribution >= 4 is 17.5 Å². The van der Waals surface area contributed by atoms with Crippen LogP contribution in [0.25, 0.3) is 5.65 Å². The number of ether oxygens (including phenoxy) is 1. The van der Waals surface area contributed by atoms with Crippen LogP contribution in [-0.4, -0.2) is 21.3 Å². The molecule has 0 atom stereocenters. The second kappa shape index (κ2) is 7.98. The number of nitrogens with zero attached hydrogens (tertiary/aromatic N) is 2. The zero-order valence-corrected chi connectivity index (χ0v) is 15.8. The Kier molecular flexibility index (Phi) is 5.07. The molecule has 0 aliphatic heterocycles. The Labute approximate surface area is 167 Å². The van der Waals surface area contributed by atoms with Crippen LogP contribution in [0.3, 0.4) is 0 Å². The maximum absolute atomic E-state index is 12.5. The number of nitrogens with one attached hydrogen (secondary N) is 1. The molecule has 0 saturated carbocycles. The van der Waals surface area contributed by atoms with Crippen LogP contribution in [0.4, 0.5) is 0 Å². The summed E-state index contributed by atoms with van der Waals surface area (Å²) in [7, 11) is 0. The van der Waals surface area contributed by atoms with E-state index in [0.717, 1.165) is 11.3 Å². The maximum atomic E-state index is 12.5. The fourth-order valence-corrected chi connectivity index (χ4v) is 2.99. The smallest absolute Gasteiger partial charge is 0.363 e. The molecule has 0 saturated heterocycles. The van der Waals surface area contributed by atoms with E-state index in [2.05, 4.69) is 10.3 Å². The van der Waals surface area contributed by atoms with Crippen molar-refractivity contribution in [2.75, 3.05) is 0 Å². The Bertz CT molecular complexity index is 1180. The van der Waals surface area contributed by atoms with Gasteiger partial charge in [-0.2, -0.15) is 0 Å². The normalized spacial score (nSPS) is 10.7. The minimum Gasteiger partial charge on any atom is -0.422 e. The minimum absolute atomic E-state index is 0.207. The quantitative estimate of drug-likeness (QED) is 0.419. The average Bonchev–Trinajstić information content (AvgIpc) is 3.19. The molecule has 6 heteroatoms. The first-order valence-corrected chi connectivity index (χ1v) is 9.19. The van der Waals surface area contributed by atoms with Gasteiger partial charge in [0.2, 0.25) is 0 Å². The van der Waals surface area contributed by atoms with Gasteiger partial charge in [-0.05, 0) is 42.8 Å². The van der Waals surface area contributed by atoms with E-state index in [9.17, 15) is 9.59 Å². The van der Waals surface area contributed by atoms with Crippen molar-refractivity contribution in [1.82, 2.24) is 14.7 Å². The molecule has 0 fully saturated rings. The van der Waals surface area contributed by atoms with Gasteiger partial charge in [0.1, 0.15) is 11.4 Å². The molecule has 4 aromatic rings. The van der Waals surface area contributed by atoms with Crippen molar-refractivity contribution in [3.8, 4) is 5.75 Å². The summed E-state index contributed by atoms with van der Waals surface area (Å²) in [6, 6.07) is 21.8. The fourth-order valence-electron chi connectivity index (χ4n) is 2.99. The molecule has 144 valence electrons. The number of carbonyl (C=O) groups is 2. The molecule has 0 aliphatic carbocycles. The van der Waals surface area contributed by atoms with E-state index in [1.807, 2.05) is 59.9 Å². The lowest BCUT2D eigenvalue weighted by Crippen LogP contribution is -2.22. The molecule has 2 aromatic carbocycles. The second-order valence-corrected chi connectivity index (χ2v) is 6.61. The number of hydrogen-bond donors (Lipinski definition) is 1. The number of pyridine rings is 1. The van der Waals surface area contributed by atoms with E-state index in [1.165, 1.54) is 0 Å². The van der Waals surface area contributed by atoms with Crippen LogP contribution in [0.2, 0.25) is 0 Å². The average molecular weight is 385 g/mol. The number of aromatic nitrogens is 2. The third-order valence-electron chi connectivity index (χ3n) is 4.51. The fraction of sp³-hybridized carbons (Fsp3) is 0.0870. The second-order valence-electron chi connectivity index (χ2n) is 6.61. The van der Waals surface area contributed by atoms with Gasteiger partial charge in [-0.15, -0.1) is 0 Å². The predicted octanol–water partition coefficient (Wildman–Crippen LogP) is 3.79. The molecule has 4 rings (SSSR count). The predicted molar refractivity (Wildman–Crippen MR) is 109 cm³/mol. The standard InChI is InChI=1S/C23H19N3O3/c1-16-7-5-12-21-25-20(15-26(16)21)23(28)29-19-11-6-10-18(13-19)22(27)24-14-17-8-3-2-4-9-17/h2-13,15H,14H2,1H3,(H,24,27). The molecule has 0 spiro atoms. The van der Waals surface area contributed by atoms with Crippen LogP contribution in [0, 0.1) is 6.92 Å². The van der Waals surface area contributed by atoms with Gasteiger partial charge in [0, 0.05) is 24.0 Å². The topological polar surface area (TPSA) is 72.7 Å². The van der Waals surface area contributed by atoms with E-state index >= 15 is 0 Å². The zero-order valence-electron chi connectivity index (χ0n) is 15.8. The monoisotopic (exact) mass is 385 g/mol. The Hall–Kier alpha value is -3.93. The van der Waals surface area contributed by atoms with Crippen LogP contribution in [0.15, 0.2) is 79.0 Å². The molecule has 0 radical (unpaired) electrons. The molecule has 0 bridgehead atoms. The molecule has 0 aliphatic rings. The summed E-state index contributed by atoms with van der Waals surface area (Å²) in [5, 5.41) is 2.86. The van der Waals surface area contributed by atoms with Crippen molar-refractivity contribution in [2.24, 2.45) is 0 Å². The van der Waals surface area contributed by atoms with Crippen molar-refractivity contribution in [3.63, 3.8) is 0 Å². The molecule has 0 unspecified atom stereocenters. The number of fused-ring (bicyclic) bond motifs is 1. The first-order chi connectivity index (χ1) is 14.1. The third-order valence-corrected chi connectivity index (χ3v) is 4.51. The van der Waals surface area contributed by atoms with E-state index in [4.69, 9.17) is 4.74 Å². The molecule has 1 N–H and O–H groups in total. The highest BCUT2D eigenvalue weighted by Crippen LogP contribution is 2.16. The molecular weight excluding hydrogens is 366 g/mol. The molecule has 6 nitrogen and oxygen atoms in total. The molecule has 29 heavy (non-hydrogen) atoms. The summed E-state index contributed by atoms with van der Waals surface area (Å²) in [6.07, 6.45) is 1.64. The van der Waals surface area contributed by atoms with Crippen molar-refractivity contribution in [3.05, 3.63) is 102 Å². The summed E-state index contributed by atoms with van der Waals surface area (Å²) < 4.78 is 7.25.